The molecule has 0 spiro atoms. The van der Waals surface area contributed by atoms with Crippen LogP contribution in [0.3, 0.4) is 0 Å². The molecule has 1 aliphatic heterocycles. The van der Waals surface area contributed by atoms with Crippen molar-refractivity contribution in [1.82, 2.24) is 0 Å². The van der Waals surface area contributed by atoms with E-state index in [1.165, 1.54) is 48.8 Å². The van der Waals surface area contributed by atoms with Gasteiger partial charge in [0.15, 0.2) is 0 Å². The third-order valence-electron chi connectivity index (χ3n) is 5.68. The van der Waals surface area contributed by atoms with Crippen LogP contribution in [0, 0.1) is 0 Å². The molecular formula is C26H27N3O2. The largest absolute Gasteiger partial charge is 0.478 e. The Morgan fingerprint density at radius 1 is 0.806 bits per heavy atom. The van der Waals surface area contributed by atoms with Crippen LogP contribution in [0.4, 0.5) is 17.1 Å². The quantitative estimate of drug-likeness (QED) is 0.424. The molecule has 0 aromatic heterocycles. The fourth-order valence-electron chi connectivity index (χ4n) is 3.93. The van der Waals surface area contributed by atoms with Crippen molar-refractivity contribution in [3.63, 3.8) is 0 Å². The van der Waals surface area contributed by atoms with Gasteiger partial charge in [-0.05, 0) is 79.6 Å². The number of rotatable bonds is 8. The summed E-state index contributed by atoms with van der Waals surface area (Å²) < 4.78 is 0. The van der Waals surface area contributed by atoms with Gasteiger partial charge in [0, 0.05) is 18.8 Å². The SMILES string of the molecule is O=C(O)c1ccccc1/N=N/c1ccc(CCCc2ccc(N3CCCC3)cc2)cc1. The molecule has 1 heterocycles. The molecule has 3 aromatic rings. The molecule has 1 aliphatic rings. The van der Waals surface area contributed by atoms with Gasteiger partial charge in [-0.2, -0.15) is 5.11 Å². The van der Waals surface area contributed by atoms with Crippen LogP contribution in [-0.2, 0) is 12.8 Å². The third-order valence-corrected chi connectivity index (χ3v) is 5.68. The summed E-state index contributed by atoms with van der Waals surface area (Å²) in [6.45, 7) is 2.36. The van der Waals surface area contributed by atoms with Crippen LogP contribution in [0.5, 0.6) is 0 Å². The Morgan fingerprint density at radius 2 is 1.42 bits per heavy atom. The molecule has 0 atom stereocenters. The monoisotopic (exact) mass is 413 g/mol. The van der Waals surface area contributed by atoms with Crippen molar-refractivity contribution in [2.45, 2.75) is 32.1 Å². The number of azo groups is 1. The van der Waals surface area contributed by atoms with E-state index in [1.54, 1.807) is 18.2 Å². The number of hydrogen-bond donors (Lipinski definition) is 1. The molecule has 0 radical (unpaired) electrons. The molecule has 0 aliphatic carbocycles. The zero-order valence-electron chi connectivity index (χ0n) is 17.6. The summed E-state index contributed by atoms with van der Waals surface area (Å²) in [5.74, 6) is -1.00. The van der Waals surface area contributed by atoms with E-state index in [9.17, 15) is 9.90 Å². The van der Waals surface area contributed by atoms with Crippen molar-refractivity contribution in [2.24, 2.45) is 10.2 Å². The Kier molecular flexibility index (Phi) is 6.72. The maximum Gasteiger partial charge on any atom is 0.337 e. The molecule has 158 valence electrons. The Morgan fingerprint density at radius 3 is 2.06 bits per heavy atom. The summed E-state index contributed by atoms with van der Waals surface area (Å²) >= 11 is 0. The topological polar surface area (TPSA) is 65.3 Å². The van der Waals surface area contributed by atoms with E-state index in [2.05, 4.69) is 51.5 Å². The van der Waals surface area contributed by atoms with E-state index < -0.39 is 5.97 Å². The lowest BCUT2D eigenvalue weighted by Gasteiger charge is -2.17. The predicted molar refractivity (Wildman–Crippen MR) is 124 cm³/mol. The highest BCUT2D eigenvalue weighted by atomic mass is 16.4. The molecule has 0 saturated carbocycles. The number of carboxylic acids is 1. The normalized spacial score (nSPS) is 13.7. The number of carbonyl (C=O) groups is 1. The lowest BCUT2D eigenvalue weighted by molar-refractivity contribution is 0.0697. The molecule has 1 N–H and O–H groups in total. The minimum Gasteiger partial charge on any atom is -0.478 e. The molecule has 5 heteroatoms. The average Bonchev–Trinajstić information content (AvgIpc) is 3.34. The molecule has 3 aromatic carbocycles. The number of benzene rings is 3. The van der Waals surface area contributed by atoms with E-state index in [0.717, 1.165) is 19.3 Å². The van der Waals surface area contributed by atoms with Crippen LogP contribution in [0.1, 0.15) is 40.7 Å². The van der Waals surface area contributed by atoms with Crippen LogP contribution >= 0.6 is 0 Å². The fourth-order valence-corrected chi connectivity index (χ4v) is 3.93. The van der Waals surface area contributed by atoms with Gasteiger partial charge in [-0.3, -0.25) is 0 Å². The highest BCUT2D eigenvalue weighted by molar-refractivity contribution is 5.93. The van der Waals surface area contributed by atoms with Crippen LogP contribution in [0.15, 0.2) is 83.0 Å². The van der Waals surface area contributed by atoms with Gasteiger partial charge >= 0.3 is 5.97 Å². The van der Waals surface area contributed by atoms with Gasteiger partial charge in [0.25, 0.3) is 0 Å². The lowest BCUT2D eigenvalue weighted by Crippen LogP contribution is -2.17. The Balaban J connectivity index is 1.28. The number of carboxylic acid groups (broad SMARTS) is 1. The maximum atomic E-state index is 11.3. The number of hydrogen-bond acceptors (Lipinski definition) is 4. The first-order chi connectivity index (χ1) is 15.2. The summed E-state index contributed by atoms with van der Waals surface area (Å²) in [7, 11) is 0. The van der Waals surface area contributed by atoms with E-state index in [4.69, 9.17) is 0 Å². The van der Waals surface area contributed by atoms with Crippen molar-refractivity contribution < 1.29 is 9.90 Å². The minimum absolute atomic E-state index is 0.149. The van der Waals surface area contributed by atoms with Gasteiger partial charge < -0.3 is 10.0 Å². The van der Waals surface area contributed by atoms with Gasteiger partial charge in [-0.1, -0.05) is 36.4 Å². The van der Waals surface area contributed by atoms with E-state index in [1.807, 2.05) is 12.1 Å². The summed E-state index contributed by atoms with van der Waals surface area (Å²) in [5.41, 5.74) is 5.20. The highest BCUT2D eigenvalue weighted by Crippen LogP contribution is 2.23. The number of anilines is 1. The van der Waals surface area contributed by atoms with Crippen LogP contribution in [-0.4, -0.2) is 24.2 Å². The van der Waals surface area contributed by atoms with Crippen LogP contribution in [0.25, 0.3) is 0 Å². The maximum absolute atomic E-state index is 11.3. The molecule has 1 fully saturated rings. The zero-order valence-corrected chi connectivity index (χ0v) is 17.6. The second-order valence-electron chi connectivity index (χ2n) is 7.90. The zero-order chi connectivity index (χ0) is 21.5. The van der Waals surface area contributed by atoms with Crippen molar-refractivity contribution in [3.8, 4) is 0 Å². The molecule has 5 nitrogen and oxygen atoms in total. The van der Waals surface area contributed by atoms with E-state index in [-0.39, 0.29) is 5.56 Å². The minimum atomic E-state index is -1.00. The fraction of sp³-hybridized carbons (Fsp3) is 0.269. The summed E-state index contributed by atoms with van der Waals surface area (Å²) in [6.07, 6.45) is 5.77. The summed E-state index contributed by atoms with van der Waals surface area (Å²) in [6, 6.07) is 23.6. The Labute approximate surface area is 183 Å². The summed E-state index contributed by atoms with van der Waals surface area (Å²) in [5, 5.41) is 17.5. The second kappa shape index (κ2) is 10.0. The molecule has 31 heavy (non-hydrogen) atoms. The molecule has 4 rings (SSSR count). The van der Waals surface area contributed by atoms with Crippen molar-refractivity contribution in [3.05, 3.63) is 89.5 Å². The number of nitrogens with zero attached hydrogens (tertiary/aromatic N) is 3. The van der Waals surface area contributed by atoms with E-state index in [0.29, 0.717) is 11.4 Å². The smallest absolute Gasteiger partial charge is 0.337 e. The predicted octanol–water partition coefficient (Wildman–Crippen LogP) is 6.58. The van der Waals surface area contributed by atoms with Gasteiger partial charge in [0.05, 0.1) is 11.3 Å². The van der Waals surface area contributed by atoms with Crippen LogP contribution < -0.4 is 4.90 Å². The third kappa shape index (κ3) is 5.57. The van der Waals surface area contributed by atoms with Gasteiger partial charge in [-0.25, -0.2) is 4.79 Å². The van der Waals surface area contributed by atoms with Gasteiger partial charge in [0.1, 0.15) is 5.69 Å². The standard InChI is InChI=1S/C26H27N3O2/c30-26(31)24-8-1-2-9-25(24)28-27-22-14-10-20(11-15-22)6-5-7-21-12-16-23(17-13-21)29-18-3-4-19-29/h1-2,8-17H,3-7,18-19H2,(H,30,31)/b28-27+. The van der Waals surface area contributed by atoms with Crippen molar-refractivity contribution >= 4 is 23.0 Å². The molecule has 0 amide bonds. The second-order valence-corrected chi connectivity index (χ2v) is 7.90. The number of aryl methyl sites for hydroxylation is 2. The highest BCUT2D eigenvalue weighted by Gasteiger charge is 2.11. The molecule has 0 unspecified atom stereocenters. The van der Waals surface area contributed by atoms with Gasteiger partial charge in [-0.15, -0.1) is 5.11 Å². The first-order valence-corrected chi connectivity index (χ1v) is 10.9. The number of aromatic carboxylic acids is 1. The molecule has 1 saturated heterocycles. The van der Waals surface area contributed by atoms with Crippen molar-refractivity contribution in [2.75, 3.05) is 18.0 Å². The first kappa shape index (κ1) is 20.8. The average molecular weight is 414 g/mol. The van der Waals surface area contributed by atoms with Gasteiger partial charge in [0.2, 0.25) is 0 Å². The first-order valence-electron chi connectivity index (χ1n) is 10.9. The Hall–Kier alpha value is -3.47. The molecule has 0 bridgehead atoms. The van der Waals surface area contributed by atoms with Crippen molar-refractivity contribution in [1.29, 1.82) is 0 Å². The lowest BCUT2D eigenvalue weighted by atomic mass is 10.0. The summed E-state index contributed by atoms with van der Waals surface area (Å²) in [4.78, 5) is 13.7. The molecular weight excluding hydrogens is 386 g/mol. The van der Waals surface area contributed by atoms with E-state index >= 15 is 0 Å². The van der Waals surface area contributed by atoms with Crippen LogP contribution in [0.2, 0.25) is 0 Å². The Bertz CT molecular complexity index is 1040.